The van der Waals surface area contributed by atoms with Crippen LogP contribution in [0.25, 0.3) is 11.3 Å². The smallest absolute Gasteiger partial charge is 0.271 e. The highest BCUT2D eigenvalue weighted by atomic mass is 32.2. The molecule has 1 saturated carbocycles. The summed E-state index contributed by atoms with van der Waals surface area (Å²) in [6.07, 6.45) is 4.73. The molecule has 0 saturated heterocycles. The molecule has 1 heterocycles. The Morgan fingerprint density at radius 1 is 1.29 bits per heavy atom. The number of aliphatic hydroxyl groups is 1. The summed E-state index contributed by atoms with van der Waals surface area (Å²) in [4.78, 5) is 13.9. The Kier molecular flexibility index (Phi) is 5.38. The number of nitrogens with zero attached hydrogens (tertiary/aromatic N) is 2. The Morgan fingerprint density at radius 2 is 2.00 bits per heavy atom. The lowest BCUT2D eigenvalue weighted by atomic mass is 9.99. The van der Waals surface area contributed by atoms with Crippen LogP contribution in [-0.2, 0) is 19.5 Å². The molecule has 3 N–H and O–H groups in total. The predicted molar refractivity (Wildman–Crippen MR) is 97.1 cm³/mol. The number of hydrogen-bond donors (Lipinski definition) is 2. The van der Waals surface area contributed by atoms with Crippen LogP contribution in [0, 0.1) is 5.92 Å². The van der Waals surface area contributed by atoms with Gasteiger partial charge in [-0.2, -0.15) is 5.10 Å². The third-order valence-corrected chi connectivity index (χ3v) is 5.16. The van der Waals surface area contributed by atoms with Gasteiger partial charge in [-0.3, -0.25) is 4.79 Å². The summed E-state index contributed by atoms with van der Waals surface area (Å²) in [5.74, 6) is 0.552. The first-order chi connectivity index (χ1) is 11.7. The molecule has 0 spiro atoms. The second-order valence-corrected chi connectivity index (χ2v) is 7.02. The molecule has 5 nitrogen and oxygen atoms in total. The SMILES string of the molecule is CSc1ccc(-c2nn(CC3CC3)c(=O)c(CN)c2CCO)cc1. The van der Waals surface area contributed by atoms with Crippen molar-refractivity contribution in [2.24, 2.45) is 11.7 Å². The van der Waals surface area contributed by atoms with E-state index in [9.17, 15) is 9.90 Å². The summed E-state index contributed by atoms with van der Waals surface area (Å²) in [7, 11) is 0. The van der Waals surface area contributed by atoms with Gasteiger partial charge in [-0.05, 0) is 49.1 Å². The van der Waals surface area contributed by atoms with Crippen LogP contribution >= 0.6 is 11.8 Å². The van der Waals surface area contributed by atoms with Gasteiger partial charge in [-0.15, -0.1) is 11.8 Å². The van der Waals surface area contributed by atoms with E-state index >= 15 is 0 Å². The normalized spacial score (nSPS) is 14.1. The van der Waals surface area contributed by atoms with Gasteiger partial charge in [0.05, 0.1) is 5.69 Å². The molecule has 24 heavy (non-hydrogen) atoms. The Morgan fingerprint density at radius 3 is 2.54 bits per heavy atom. The zero-order valence-electron chi connectivity index (χ0n) is 13.9. The van der Waals surface area contributed by atoms with Crippen molar-refractivity contribution in [2.75, 3.05) is 12.9 Å². The molecule has 6 heteroatoms. The van der Waals surface area contributed by atoms with Gasteiger partial charge in [0, 0.05) is 35.7 Å². The van der Waals surface area contributed by atoms with Gasteiger partial charge in [-0.1, -0.05) is 12.1 Å². The van der Waals surface area contributed by atoms with Gasteiger partial charge >= 0.3 is 0 Å². The van der Waals surface area contributed by atoms with Gasteiger partial charge in [-0.25, -0.2) is 4.68 Å². The van der Waals surface area contributed by atoms with E-state index in [4.69, 9.17) is 5.73 Å². The van der Waals surface area contributed by atoms with Crippen LogP contribution in [0.1, 0.15) is 24.0 Å². The first kappa shape index (κ1) is 17.2. The van der Waals surface area contributed by atoms with E-state index in [1.54, 1.807) is 16.4 Å². The van der Waals surface area contributed by atoms with Crippen LogP contribution in [0.5, 0.6) is 0 Å². The lowest BCUT2D eigenvalue weighted by molar-refractivity contribution is 0.299. The summed E-state index contributed by atoms with van der Waals surface area (Å²) in [6, 6.07) is 8.12. The van der Waals surface area contributed by atoms with E-state index in [0.29, 0.717) is 24.4 Å². The molecule has 0 bridgehead atoms. The van der Waals surface area contributed by atoms with Gasteiger partial charge in [0.15, 0.2) is 0 Å². The van der Waals surface area contributed by atoms with E-state index in [1.807, 2.05) is 30.5 Å². The molecule has 0 atom stereocenters. The maximum absolute atomic E-state index is 12.7. The molecule has 1 fully saturated rings. The van der Waals surface area contributed by atoms with Crippen molar-refractivity contribution in [2.45, 2.75) is 37.2 Å². The summed E-state index contributed by atoms with van der Waals surface area (Å²) in [5, 5.41) is 14.1. The van der Waals surface area contributed by atoms with E-state index in [-0.39, 0.29) is 18.7 Å². The van der Waals surface area contributed by atoms with Crippen molar-refractivity contribution < 1.29 is 5.11 Å². The Balaban J connectivity index is 2.14. The zero-order chi connectivity index (χ0) is 17.1. The molecule has 1 aromatic carbocycles. The van der Waals surface area contributed by atoms with Gasteiger partial charge in [0.25, 0.3) is 5.56 Å². The van der Waals surface area contributed by atoms with Crippen molar-refractivity contribution in [3.05, 3.63) is 45.7 Å². The van der Waals surface area contributed by atoms with Crippen LogP contribution in [0.3, 0.4) is 0 Å². The lowest BCUT2D eigenvalue weighted by Crippen LogP contribution is -2.31. The molecule has 1 aliphatic rings. The minimum Gasteiger partial charge on any atom is -0.396 e. The fourth-order valence-electron chi connectivity index (χ4n) is 2.90. The predicted octanol–water partition coefficient (Wildman–Crippen LogP) is 2.04. The second-order valence-electron chi connectivity index (χ2n) is 6.14. The van der Waals surface area contributed by atoms with E-state index in [1.165, 1.54) is 4.90 Å². The largest absolute Gasteiger partial charge is 0.396 e. The maximum Gasteiger partial charge on any atom is 0.271 e. The van der Waals surface area contributed by atoms with Gasteiger partial charge < -0.3 is 10.8 Å². The number of aromatic nitrogens is 2. The van der Waals surface area contributed by atoms with Crippen molar-refractivity contribution in [1.82, 2.24) is 9.78 Å². The molecule has 1 aromatic heterocycles. The monoisotopic (exact) mass is 345 g/mol. The highest BCUT2D eigenvalue weighted by Gasteiger charge is 2.25. The average Bonchev–Trinajstić information content (AvgIpc) is 3.42. The molecule has 3 rings (SSSR count). The summed E-state index contributed by atoms with van der Waals surface area (Å²) in [6.45, 7) is 0.787. The molecule has 2 aromatic rings. The van der Waals surface area contributed by atoms with Crippen LogP contribution in [0.15, 0.2) is 34.0 Å². The van der Waals surface area contributed by atoms with Crippen LogP contribution in [-0.4, -0.2) is 27.7 Å². The number of aliphatic hydroxyl groups excluding tert-OH is 1. The highest BCUT2D eigenvalue weighted by Crippen LogP contribution is 2.31. The second kappa shape index (κ2) is 7.51. The average molecular weight is 345 g/mol. The molecule has 128 valence electrons. The number of hydrogen-bond acceptors (Lipinski definition) is 5. The molecule has 0 unspecified atom stereocenters. The third-order valence-electron chi connectivity index (χ3n) is 4.42. The first-order valence-corrected chi connectivity index (χ1v) is 9.48. The van der Waals surface area contributed by atoms with Crippen molar-refractivity contribution in [3.63, 3.8) is 0 Å². The lowest BCUT2D eigenvalue weighted by Gasteiger charge is -2.16. The fraction of sp³-hybridized carbons (Fsp3) is 0.444. The highest BCUT2D eigenvalue weighted by molar-refractivity contribution is 7.98. The Bertz CT molecular complexity index is 767. The van der Waals surface area contributed by atoms with Gasteiger partial charge in [0.1, 0.15) is 0 Å². The molecular weight excluding hydrogens is 322 g/mol. The molecule has 0 radical (unpaired) electrons. The number of nitrogens with two attached hydrogens (primary N) is 1. The minimum atomic E-state index is -0.114. The third kappa shape index (κ3) is 3.55. The topological polar surface area (TPSA) is 81.1 Å². The molecule has 1 aliphatic carbocycles. The number of benzene rings is 1. The molecule has 0 aliphatic heterocycles. The van der Waals surface area contributed by atoms with E-state index in [0.717, 1.165) is 29.7 Å². The summed E-state index contributed by atoms with van der Waals surface area (Å²) >= 11 is 1.68. The van der Waals surface area contributed by atoms with E-state index < -0.39 is 0 Å². The van der Waals surface area contributed by atoms with Gasteiger partial charge in [0.2, 0.25) is 0 Å². The molecular formula is C18H23N3O2S. The van der Waals surface area contributed by atoms with Crippen molar-refractivity contribution in [1.29, 1.82) is 0 Å². The quantitative estimate of drug-likeness (QED) is 0.751. The fourth-order valence-corrected chi connectivity index (χ4v) is 3.30. The van der Waals surface area contributed by atoms with Crippen LogP contribution in [0.4, 0.5) is 0 Å². The van der Waals surface area contributed by atoms with Crippen LogP contribution in [0.2, 0.25) is 0 Å². The van der Waals surface area contributed by atoms with Crippen molar-refractivity contribution in [3.8, 4) is 11.3 Å². The number of rotatable bonds is 7. The zero-order valence-corrected chi connectivity index (χ0v) is 14.7. The van der Waals surface area contributed by atoms with E-state index in [2.05, 4.69) is 5.10 Å². The molecule has 0 amide bonds. The Labute approximate surface area is 145 Å². The summed E-state index contributed by atoms with van der Waals surface area (Å²) in [5.41, 5.74) is 8.81. The number of thioether (sulfide) groups is 1. The van der Waals surface area contributed by atoms with Crippen molar-refractivity contribution >= 4 is 11.8 Å². The summed E-state index contributed by atoms with van der Waals surface area (Å²) < 4.78 is 1.57. The minimum absolute atomic E-state index is 0.0311. The van der Waals surface area contributed by atoms with Crippen LogP contribution < -0.4 is 11.3 Å². The maximum atomic E-state index is 12.7. The Hall–Kier alpha value is -1.63. The standard InChI is InChI=1S/C18H23N3O2S/c1-24-14-6-4-13(5-7-14)17-15(8-9-22)16(10-19)18(23)21(20-17)11-12-2-3-12/h4-7,12,22H,2-3,8-11,19H2,1H3. The first-order valence-electron chi connectivity index (χ1n) is 8.26.